The summed E-state index contributed by atoms with van der Waals surface area (Å²) in [6.07, 6.45) is 1.89. The van der Waals surface area contributed by atoms with Crippen molar-refractivity contribution in [1.29, 1.82) is 0 Å². The van der Waals surface area contributed by atoms with E-state index in [-0.39, 0.29) is 11.5 Å². The fraction of sp³-hybridized carbons (Fsp3) is 0.600. The van der Waals surface area contributed by atoms with Gasteiger partial charge in [-0.05, 0) is 47.9 Å². The number of hydrogen-bond donors (Lipinski definition) is 1. The molecule has 20 heavy (non-hydrogen) atoms. The number of aliphatic hydroxyl groups is 1. The van der Waals surface area contributed by atoms with Gasteiger partial charge in [-0.15, -0.1) is 0 Å². The Balaban J connectivity index is 2.24. The van der Waals surface area contributed by atoms with Crippen molar-refractivity contribution in [3.63, 3.8) is 0 Å². The van der Waals surface area contributed by atoms with Crippen LogP contribution in [-0.4, -0.2) is 31.4 Å². The van der Waals surface area contributed by atoms with Crippen molar-refractivity contribution in [3.8, 4) is 0 Å². The Morgan fingerprint density at radius 2 is 2.00 bits per heavy atom. The van der Waals surface area contributed by atoms with Crippen LogP contribution in [0.3, 0.4) is 0 Å². The van der Waals surface area contributed by atoms with Gasteiger partial charge in [0, 0.05) is 13.6 Å². The zero-order valence-corrected chi connectivity index (χ0v) is 13.2. The normalized spacial score (nSPS) is 22.2. The Morgan fingerprint density at radius 3 is 2.50 bits per heavy atom. The summed E-state index contributed by atoms with van der Waals surface area (Å²) in [6.45, 7) is 4.58. The average Bonchev–Trinajstić information content (AvgIpc) is 3.13. The van der Waals surface area contributed by atoms with Crippen molar-refractivity contribution < 1.29 is 13.5 Å². The first-order chi connectivity index (χ1) is 9.40. The number of aliphatic hydroxyl groups excluding tert-OH is 1. The Morgan fingerprint density at radius 1 is 1.35 bits per heavy atom. The minimum atomic E-state index is -3.45. The molecule has 0 radical (unpaired) electrons. The summed E-state index contributed by atoms with van der Waals surface area (Å²) in [5.74, 6) is 1.12. The van der Waals surface area contributed by atoms with Crippen LogP contribution in [0.5, 0.6) is 0 Å². The van der Waals surface area contributed by atoms with E-state index in [2.05, 4.69) is 6.92 Å². The molecule has 0 heterocycles. The van der Waals surface area contributed by atoms with Crippen molar-refractivity contribution in [2.75, 3.05) is 13.6 Å². The molecule has 0 bridgehead atoms. The second-order valence-electron chi connectivity index (χ2n) is 5.70. The third-order valence-corrected chi connectivity index (χ3v) is 6.02. The molecule has 1 aliphatic carbocycles. The van der Waals surface area contributed by atoms with Gasteiger partial charge >= 0.3 is 0 Å². The predicted molar refractivity (Wildman–Crippen MR) is 78.8 cm³/mol. The third-order valence-electron chi connectivity index (χ3n) is 4.20. The van der Waals surface area contributed by atoms with Gasteiger partial charge in [0.15, 0.2) is 0 Å². The molecule has 1 aromatic carbocycles. The van der Waals surface area contributed by atoms with Crippen LogP contribution in [0.2, 0.25) is 0 Å². The van der Waals surface area contributed by atoms with Gasteiger partial charge in [0.25, 0.3) is 0 Å². The van der Waals surface area contributed by atoms with Crippen LogP contribution in [0, 0.1) is 11.8 Å². The van der Waals surface area contributed by atoms with Crippen molar-refractivity contribution in [3.05, 3.63) is 29.3 Å². The minimum absolute atomic E-state index is 0.129. The highest BCUT2D eigenvalue weighted by Gasteiger charge is 2.36. The monoisotopic (exact) mass is 297 g/mol. The first-order valence-electron chi connectivity index (χ1n) is 7.09. The molecule has 0 saturated heterocycles. The quantitative estimate of drug-likeness (QED) is 0.874. The van der Waals surface area contributed by atoms with E-state index in [1.165, 1.54) is 4.31 Å². The van der Waals surface area contributed by atoms with Gasteiger partial charge < -0.3 is 5.11 Å². The standard InChI is InChI=1S/C15H23NO3S/c1-4-12-5-6-15(8-14(12)10-17)20(18,19)16(3)9-13-7-11(13)2/h5-6,8,11,13,17H,4,7,9-10H2,1-3H3. The average molecular weight is 297 g/mol. The molecule has 0 amide bonds. The van der Waals surface area contributed by atoms with Crippen LogP contribution in [0.15, 0.2) is 23.1 Å². The summed E-state index contributed by atoms with van der Waals surface area (Å²) < 4.78 is 26.5. The van der Waals surface area contributed by atoms with E-state index >= 15 is 0 Å². The minimum Gasteiger partial charge on any atom is -0.392 e. The third kappa shape index (κ3) is 3.05. The van der Waals surface area contributed by atoms with E-state index in [9.17, 15) is 13.5 Å². The predicted octanol–water partition coefficient (Wildman–Crippen LogP) is 2.02. The molecule has 5 heteroatoms. The van der Waals surface area contributed by atoms with E-state index in [0.717, 1.165) is 18.4 Å². The van der Waals surface area contributed by atoms with E-state index < -0.39 is 10.0 Å². The maximum Gasteiger partial charge on any atom is 0.242 e. The highest BCUT2D eigenvalue weighted by atomic mass is 32.2. The van der Waals surface area contributed by atoms with Crippen molar-refractivity contribution in [2.24, 2.45) is 11.8 Å². The van der Waals surface area contributed by atoms with Gasteiger partial charge in [-0.2, -0.15) is 0 Å². The van der Waals surface area contributed by atoms with Gasteiger partial charge in [0.2, 0.25) is 10.0 Å². The van der Waals surface area contributed by atoms with Crippen LogP contribution in [0.1, 0.15) is 31.4 Å². The lowest BCUT2D eigenvalue weighted by molar-refractivity contribution is 0.280. The molecule has 4 nitrogen and oxygen atoms in total. The molecule has 1 aliphatic rings. The number of sulfonamides is 1. The molecule has 2 unspecified atom stereocenters. The maximum absolute atomic E-state index is 12.5. The zero-order valence-electron chi connectivity index (χ0n) is 12.3. The topological polar surface area (TPSA) is 57.6 Å². The smallest absolute Gasteiger partial charge is 0.242 e. The molecular weight excluding hydrogens is 274 g/mol. The van der Waals surface area contributed by atoms with E-state index in [4.69, 9.17) is 0 Å². The van der Waals surface area contributed by atoms with Crippen LogP contribution >= 0.6 is 0 Å². The lowest BCUT2D eigenvalue weighted by Crippen LogP contribution is -2.29. The maximum atomic E-state index is 12.5. The van der Waals surface area contributed by atoms with Gasteiger partial charge in [-0.25, -0.2) is 12.7 Å². The van der Waals surface area contributed by atoms with E-state index in [0.29, 0.717) is 23.9 Å². The van der Waals surface area contributed by atoms with Crippen LogP contribution in [0.25, 0.3) is 0 Å². The Hall–Kier alpha value is -0.910. The van der Waals surface area contributed by atoms with E-state index in [1.807, 2.05) is 6.92 Å². The van der Waals surface area contributed by atoms with Crippen molar-refractivity contribution >= 4 is 10.0 Å². The molecule has 0 spiro atoms. The molecule has 1 fully saturated rings. The lowest BCUT2D eigenvalue weighted by atomic mass is 10.1. The van der Waals surface area contributed by atoms with Gasteiger partial charge in [-0.3, -0.25) is 0 Å². The second-order valence-corrected chi connectivity index (χ2v) is 7.75. The zero-order chi connectivity index (χ0) is 14.9. The van der Waals surface area contributed by atoms with E-state index in [1.54, 1.807) is 25.2 Å². The number of aryl methyl sites for hydroxylation is 1. The SMILES string of the molecule is CCc1ccc(S(=O)(=O)N(C)CC2CC2C)cc1CO. The molecule has 0 aliphatic heterocycles. The molecule has 1 aromatic rings. The Labute approximate surface area is 121 Å². The van der Waals surface area contributed by atoms with Crippen LogP contribution in [-0.2, 0) is 23.1 Å². The van der Waals surface area contributed by atoms with Gasteiger partial charge in [-0.1, -0.05) is 19.9 Å². The fourth-order valence-corrected chi connectivity index (χ4v) is 3.80. The van der Waals surface area contributed by atoms with Crippen LogP contribution in [0.4, 0.5) is 0 Å². The van der Waals surface area contributed by atoms with Crippen LogP contribution < -0.4 is 0 Å². The summed E-state index contributed by atoms with van der Waals surface area (Å²) in [7, 11) is -1.82. The molecule has 112 valence electrons. The molecule has 2 atom stereocenters. The first kappa shape index (κ1) is 15.5. The highest BCUT2D eigenvalue weighted by molar-refractivity contribution is 7.89. The lowest BCUT2D eigenvalue weighted by Gasteiger charge is -2.18. The largest absolute Gasteiger partial charge is 0.392 e. The molecule has 1 N–H and O–H groups in total. The summed E-state index contributed by atoms with van der Waals surface area (Å²) in [5.41, 5.74) is 1.69. The number of nitrogens with zero attached hydrogens (tertiary/aromatic N) is 1. The summed E-state index contributed by atoms with van der Waals surface area (Å²) in [5, 5.41) is 9.36. The Bertz CT molecular complexity index is 583. The van der Waals surface area contributed by atoms with Gasteiger partial charge in [0.1, 0.15) is 0 Å². The molecule has 2 rings (SSSR count). The summed E-state index contributed by atoms with van der Waals surface area (Å²) in [6, 6.07) is 5.03. The number of benzene rings is 1. The summed E-state index contributed by atoms with van der Waals surface area (Å²) in [4.78, 5) is 0.273. The molecule has 0 aromatic heterocycles. The second kappa shape index (κ2) is 5.84. The molecule has 1 saturated carbocycles. The number of hydrogen-bond acceptors (Lipinski definition) is 3. The van der Waals surface area contributed by atoms with Crippen molar-refractivity contribution in [2.45, 2.75) is 38.2 Å². The first-order valence-corrected chi connectivity index (χ1v) is 8.53. The Kier molecular flexibility index (Phi) is 4.52. The fourth-order valence-electron chi connectivity index (χ4n) is 2.52. The van der Waals surface area contributed by atoms with Gasteiger partial charge in [0.05, 0.1) is 11.5 Å². The molecular formula is C15H23NO3S. The number of rotatable bonds is 6. The summed E-state index contributed by atoms with van der Waals surface area (Å²) >= 11 is 0. The van der Waals surface area contributed by atoms with Crippen molar-refractivity contribution in [1.82, 2.24) is 4.31 Å². The highest BCUT2D eigenvalue weighted by Crippen LogP contribution is 2.38.